The van der Waals surface area contributed by atoms with E-state index in [4.69, 9.17) is 12.2 Å². The van der Waals surface area contributed by atoms with Crippen LogP contribution in [0, 0.1) is 17.0 Å². The largest absolute Gasteiger partial charge is 0.416 e. The summed E-state index contributed by atoms with van der Waals surface area (Å²) in [5, 5.41) is 15.9. The molecule has 1 saturated heterocycles. The van der Waals surface area contributed by atoms with E-state index in [1.807, 2.05) is 4.90 Å². The summed E-state index contributed by atoms with van der Waals surface area (Å²) in [6.45, 7) is 2.83. The second-order valence-electron chi connectivity index (χ2n) is 7.04. The number of alkyl halides is 3. The lowest BCUT2D eigenvalue weighted by atomic mass is 10.1. The van der Waals surface area contributed by atoms with Crippen LogP contribution in [0.15, 0.2) is 36.4 Å². The topological polar surface area (TPSA) is 87.5 Å². The summed E-state index contributed by atoms with van der Waals surface area (Å²) in [5.74, 6) is -0.701. The van der Waals surface area contributed by atoms with Gasteiger partial charge in [0.05, 0.1) is 21.9 Å². The summed E-state index contributed by atoms with van der Waals surface area (Å²) in [6, 6.07) is 7.38. The molecule has 0 bridgehead atoms. The normalized spacial score (nSPS) is 13.7. The van der Waals surface area contributed by atoms with E-state index < -0.39 is 22.6 Å². The molecule has 0 saturated carbocycles. The van der Waals surface area contributed by atoms with E-state index in [0.29, 0.717) is 18.8 Å². The first-order valence-corrected chi connectivity index (χ1v) is 9.81. The molecule has 1 aliphatic heterocycles. The molecule has 1 fully saturated rings. The molecule has 1 heterocycles. The number of nitro groups is 1. The van der Waals surface area contributed by atoms with Crippen LogP contribution in [0.2, 0.25) is 0 Å². The predicted octanol–water partition coefficient (Wildman–Crippen LogP) is 4.65. The fourth-order valence-electron chi connectivity index (χ4n) is 3.44. The number of amides is 1. The maximum atomic E-state index is 13.2. The highest BCUT2D eigenvalue weighted by atomic mass is 32.1. The number of rotatable bonds is 4. The molecule has 0 radical (unpaired) electrons. The van der Waals surface area contributed by atoms with E-state index in [1.165, 1.54) is 31.2 Å². The Morgan fingerprint density at radius 1 is 1.19 bits per heavy atom. The minimum absolute atomic E-state index is 0.0437. The third kappa shape index (κ3) is 5.10. The molecule has 3 rings (SSSR count). The van der Waals surface area contributed by atoms with E-state index in [1.54, 1.807) is 0 Å². The quantitative estimate of drug-likeness (QED) is 0.399. The molecule has 2 N–H and O–H groups in total. The second kappa shape index (κ2) is 8.88. The second-order valence-corrected chi connectivity index (χ2v) is 7.45. The Kier molecular flexibility index (Phi) is 6.44. The first kappa shape index (κ1) is 22.5. The van der Waals surface area contributed by atoms with Crippen molar-refractivity contribution in [3.8, 4) is 0 Å². The molecule has 1 aliphatic rings. The standard InChI is InChI=1S/C20H19F3N4O3S/c1-12-14(5-4-6-16(12)27(29)30)18(28)25-19(31)24-15-11-13(20(21,22)23)7-8-17(15)26-9-2-3-10-26/h4-8,11H,2-3,9-10H2,1H3,(H2,24,25,28,31). The van der Waals surface area contributed by atoms with E-state index in [9.17, 15) is 28.1 Å². The highest BCUT2D eigenvalue weighted by molar-refractivity contribution is 7.80. The van der Waals surface area contributed by atoms with Gasteiger partial charge >= 0.3 is 6.18 Å². The Hall–Kier alpha value is -3.21. The number of hydrogen-bond donors (Lipinski definition) is 2. The van der Waals surface area contributed by atoms with E-state index in [2.05, 4.69) is 10.6 Å². The molecule has 2 aromatic carbocycles. The Bertz CT molecular complexity index is 1040. The molecule has 1 amide bonds. The van der Waals surface area contributed by atoms with Crippen LogP contribution in [0.25, 0.3) is 0 Å². The van der Waals surface area contributed by atoms with Gasteiger partial charge in [0.25, 0.3) is 11.6 Å². The van der Waals surface area contributed by atoms with Gasteiger partial charge in [-0.1, -0.05) is 6.07 Å². The number of benzene rings is 2. The first-order valence-electron chi connectivity index (χ1n) is 9.40. The lowest BCUT2D eigenvalue weighted by Crippen LogP contribution is -2.35. The molecule has 11 heteroatoms. The average molecular weight is 452 g/mol. The van der Waals surface area contributed by atoms with Crippen molar-refractivity contribution in [2.75, 3.05) is 23.3 Å². The van der Waals surface area contributed by atoms with Crippen molar-refractivity contribution in [3.05, 3.63) is 63.2 Å². The maximum absolute atomic E-state index is 13.2. The average Bonchev–Trinajstić information content (AvgIpc) is 3.21. The van der Waals surface area contributed by atoms with Crippen LogP contribution in [0.4, 0.5) is 30.2 Å². The fourth-order valence-corrected chi connectivity index (χ4v) is 3.64. The van der Waals surface area contributed by atoms with Crippen molar-refractivity contribution in [1.82, 2.24) is 5.32 Å². The van der Waals surface area contributed by atoms with Crippen molar-refractivity contribution in [1.29, 1.82) is 0 Å². The van der Waals surface area contributed by atoms with E-state index in [-0.39, 0.29) is 27.6 Å². The number of halogens is 3. The van der Waals surface area contributed by atoms with Crippen molar-refractivity contribution < 1.29 is 22.9 Å². The molecular formula is C20H19F3N4O3S. The van der Waals surface area contributed by atoms with Crippen molar-refractivity contribution in [2.24, 2.45) is 0 Å². The van der Waals surface area contributed by atoms with Gasteiger partial charge in [-0.05, 0) is 56.2 Å². The number of nitrogens with one attached hydrogen (secondary N) is 2. The van der Waals surface area contributed by atoms with Gasteiger partial charge in [0.1, 0.15) is 0 Å². The Morgan fingerprint density at radius 2 is 1.87 bits per heavy atom. The SMILES string of the molecule is Cc1c(C(=O)NC(=S)Nc2cc(C(F)(F)F)ccc2N2CCCC2)cccc1[N+](=O)[O-]. The highest BCUT2D eigenvalue weighted by Crippen LogP contribution is 2.36. The number of nitro benzene ring substituents is 1. The summed E-state index contributed by atoms with van der Waals surface area (Å²) >= 11 is 5.13. The first-order chi connectivity index (χ1) is 14.6. The summed E-state index contributed by atoms with van der Waals surface area (Å²) in [7, 11) is 0. The summed E-state index contributed by atoms with van der Waals surface area (Å²) in [5.41, 5.74) is -0.194. The van der Waals surface area contributed by atoms with Crippen molar-refractivity contribution in [2.45, 2.75) is 25.9 Å². The number of nitrogens with zero attached hydrogens (tertiary/aromatic N) is 2. The molecule has 164 valence electrons. The number of hydrogen-bond acceptors (Lipinski definition) is 5. The third-order valence-corrected chi connectivity index (χ3v) is 5.20. The van der Waals surface area contributed by atoms with Crippen molar-refractivity contribution in [3.63, 3.8) is 0 Å². The Balaban J connectivity index is 1.83. The molecule has 0 spiro atoms. The molecule has 0 atom stereocenters. The van der Waals surface area contributed by atoms with Crippen LogP contribution < -0.4 is 15.5 Å². The lowest BCUT2D eigenvalue weighted by molar-refractivity contribution is -0.385. The van der Waals surface area contributed by atoms with Gasteiger partial charge in [-0.2, -0.15) is 13.2 Å². The van der Waals surface area contributed by atoms with Gasteiger partial charge in [0.2, 0.25) is 0 Å². The third-order valence-electron chi connectivity index (χ3n) is 4.99. The number of carbonyl (C=O) groups is 1. The number of carbonyl (C=O) groups excluding carboxylic acids is 1. The van der Waals surface area contributed by atoms with Crippen LogP contribution in [-0.4, -0.2) is 29.0 Å². The minimum Gasteiger partial charge on any atom is -0.370 e. The van der Waals surface area contributed by atoms with E-state index in [0.717, 1.165) is 25.0 Å². The summed E-state index contributed by atoms with van der Waals surface area (Å²) < 4.78 is 39.6. The number of thiocarbonyl (C=S) groups is 1. The zero-order chi connectivity index (χ0) is 22.8. The molecule has 0 aromatic heterocycles. The predicted molar refractivity (Wildman–Crippen MR) is 114 cm³/mol. The van der Waals surface area contributed by atoms with Crippen LogP contribution in [-0.2, 0) is 6.18 Å². The maximum Gasteiger partial charge on any atom is 0.416 e. The Morgan fingerprint density at radius 3 is 2.48 bits per heavy atom. The molecule has 31 heavy (non-hydrogen) atoms. The van der Waals surface area contributed by atoms with Gasteiger partial charge in [0.15, 0.2) is 5.11 Å². The van der Waals surface area contributed by atoms with Gasteiger partial charge < -0.3 is 10.2 Å². The van der Waals surface area contributed by atoms with Gasteiger partial charge in [-0.25, -0.2) is 0 Å². The lowest BCUT2D eigenvalue weighted by Gasteiger charge is -2.23. The van der Waals surface area contributed by atoms with Crippen molar-refractivity contribution >= 4 is 40.3 Å². The smallest absolute Gasteiger partial charge is 0.370 e. The minimum atomic E-state index is -4.54. The van der Waals surface area contributed by atoms with Crippen LogP contribution in [0.1, 0.15) is 34.3 Å². The molecule has 0 unspecified atom stereocenters. The van der Waals surface area contributed by atoms with Crippen LogP contribution in [0.5, 0.6) is 0 Å². The summed E-state index contributed by atoms with van der Waals surface area (Å²) in [4.78, 5) is 25.0. The molecular weight excluding hydrogens is 433 g/mol. The summed E-state index contributed by atoms with van der Waals surface area (Å²) in [6.07, 6.45) is -2.69. The van der Waals surface area contributed by atoms with Crippen LogP contribution in [0.3, 0.4) is 0 Å². The van der Waals surface area contributed by atoms with Gasteiger partial charge in [-0.15, -0.1) is 0 Å². The van der Waals surface area contributed by atoms with Crippen LogP contribution >= 0.6 is 12.2 Å². The Labute approximate surface area is 181 Å². The molecule has 7 nitrogen and oxygen atoms in total. The monoisotopic (exact) mass is 452 g/mol. The zero-order valence-electron chi connectivity index (χ0n) is 16.5. The van der Waals surface area contributed by atoms with Gasteiger partial charge in [-0.3, -0.25) is 20.2 Å². The molecule has 2 aromatic rings. The highest BCUT2D eigenvalue weighted by Gasteiger charge is 2.32. The number of anilines is 2. The zero-order valence-corrected chi connectivity index (χ0v) is 17.3. The fraction of sp³-hybridized carbons (Fsp3) is 0.300. The van der Waals surface area contributed by atoms with Gasteiger partial charge in [0, 0.05) is 30.3 Å². The van der Waals surface area contributed by atoms with E-state index >= 15 is 0 Å². The molecule has 0 aliphatic carbocycles.